The van der Waals surface area contributed by atoms with Gasteiger partial charge >= 0.3 is 0 Å². The molecule has 2 rings (SSSR count). The van der Waals surface area contributed by atoms with E-state index in [9.17, 15) is 8.42 Å². The Labute approximate surface area is 143 Å². The maximum atomic E-state index is 12.5. The first-order valence-corrected chi connectivity index (χ1v) is 9.62. The lowest BCUT2D eigenvalue weighted by atomic mass is 10.1. The van der Waals surface area contributed by atoms with Crippen molar-refractivity contribution in [3.05, 3.63) is 65.7 Å². The maximum Gasteiger partial charge on any atom is 0.239 e. The van der Waals surface area contributed by atoms with Crippen LogP contribution in [0.25, 0.3) is 0 Å². The summed E-state index contributed by atoms with van der Waals surface area (Å²) in [5.41, 5.74) is 1.83. The lowest BCUT2D eigenvalue weighted by molar-refractivity contribution is 0.598. The highest BCUT2D eigenvalue weighted by Crippen LogP contribution is 2.44. The molecule has 0 aromatic heterocycles. The largest absolute Gasteiger partial charge is 0.239 e. The number of sulfone groups is 1. The van der Waals surface area contributed by atoms with E-state index in [2.05, 4.69) is 47.8 Å². The molecule has 0 saturated carbocycles. The number of hydrogen-bond donors (Lipinski definition) is 0. The summed E-state index contributed by atoms with van der Waals surface area (Å²) >= 11 is 9.31. The monoisotopic (exact) mass is 480 g/mol. The Kier molecular flexibility index (Phi) is 5.10. The van der Waals surface area contributed by atoms with Gasteiger partial charge in [-0.3, -0.25) is 0 Å². The molecule has 106 valence electrons. The Balaban J connectivity index is 2.47. The van der Waals surface area contributed by atoms with E-state index in [1.165, 1.54) is 0 Å². The molecule has 0 amide bonds. The molecule has 2 aromatic rings. The highest BCUT2D eigenvalue weighted by atomic mass is 80.0. The first-order chi connectivity index (χ1) is 9.32. The van der Waals surface area contributed by atoms with Crippen molar-refractivity contribution in [3.63, 3.8) is 0 Å². The van der Waals surface area contributed by atoms with Crippen molar-refractivity contribution in [2.24, 2.45) is 0 Å². The molecular formula is C14H11Br3O2S. The topological polar surface area (TPSA) is 34.1 Å². The Morgan fingerprint density at radius 3 is 2.00 bits per heavy atom. The molecule has 0 atom stereocenters. The third-order valence-electron chi connectivity index (χ3n) is 2.80. The van der Waals surface area contributed by atoms with E-state index in [4.69, 9.17) is 0 Å². The van der Waals surface area contributed by atoms with Crippen LogP contribution in [0.3, 0.4) is 0 Å². The van der Waals surface area contributed by atoms with E-state index in [0.29, 0.717) is 11.3 Å². The van der Waals surface area contributed by atoms with E-state index < -0.39 is 11.3 Å². The third-order valence-corrected chi connectivity index (χ3v) is 8.23. The molecule has 0 bridgehead atoms. The standard InChI is InChI=1S/C14H11Br3O2S/c15-14(16,17)20(18,19)13-9-5-4-8-12(13)10-11-6-2-1-3-7-11/h1-9H,10H2. The minimum absolute atomic E-state index is 0.300. The fourth-order valence-corrected chi connectivity index (χ4v) is 4.41. The molecule has 0 radical (unpaired) electrons. The minimum Gasteiger partial charge on any atom is -0.220 e. The van der Waals surface area contributed by atoms with Gasteiger partial charge in [0.1, 0.15) is 0 Å². The van der Waals surface area contributed by atoms with Gasteiger partial charge < -0.3 is 0 Å². The SMILES string of the molecule is O=S(=O)(c1ccccc1Cc1ccccc1)C(Br)(Br)Br. The number of rotatable bonds is 3. The van der Waals surface area contributed by atoms with Gasteiger partial charge in [-0.05, 0) is 71.4 Å². The molecule has 6 heteroatoms. The number of alkyl halides is 3. The van der Waals surface area contributed by atoms with Crippen LogP contribution in [0.2, 0.25) is 0 Å². The molecule has 2 nitrogen and oxygen atoms in total. The van der Waals surface area contributed by atoms with Gasteiger partial charge in [-0.2, -0.15) is 0 Å². The summed E-state index contributed by atoms with van der Waals surface area (Å²) in [6.45, 7) is 0. The maximum absolute atomic E-state index is 12.5. The zero-order chi connectivity index (χ0) is 14.8. The van der Waals surface area contributed by atoms with Crippen LogP contribution in [0.15, 0.2) is 59.5 Å². The first-order valence-electron chi connectivity index (χ1n) is 5.75. The third kappa shape index (κ3) is 3.53. The molecular weight excluding hydrogens is 472 g/mol. The summed E-state index contributed by atoms with van der Waals surface area (Å²) in [4.78, 5) is 0.300. The van der Waals surface area contributed by atoms with Gasteiger partial charge in [0.25, 0.3) is 0 Å². The van der Waals surface area contributed by atoms with Crippen LogP contribution in [0, 0.1) is 0 Å². The van der Waals surface area contributed by atoms with Crippen molar-refractivity contribution in [2.75, 3.05) is 0 Å². The molecule has 0 saturated heterocycles. The predicted molar refractivity (Wildman–Crippen MR) is 92.4 cm³/mol. The van der Waals surface area contributed by atoms with Crippen molar-refractivity contribution >= 4 is 57.6 Å². The van der Waals surface area contributed by atoms with Gasteiger partial charge in [0, 0.05) is 0 Å². The second-order valence-electron chi connectivity index (χ2n) is 4.22. The van der Waals surface area contributed by atoms with Crippen LogP contribution in [-0.4, -0.2) is 9.89 Å². The minimum atomic E-state index is -3.58. The van der Waals surface area contributed by atoms with Crippen molar-refractivity contribution in [1.82, 2.24) is 0 Å². The van der Waals surface area contributed by atoms with Crippen LogP contribution < -0.4 is 0 Å². The van der Waals surface area contributed by atoms with Crippen LogP contribution in [-0.2, 0) is 16.3 Å². The molecule has 0 heterocycles. The van der Waals surface area contributed by atoms with Crippen molar-refractivity contribution in [1.29, 1.82) is 0 Å². The molecule has 2 aromatic carbocycles. The quantitative estimate of drug-likeness (QED) is 0.586. The van der Waals surface area contributed by atoms with E-state index in [0.717, 1.165) is 11.1 Å². The average molecular weight is 483 g/mol. The summed E-state index contributed by atoms with van der Waals surface area (Å²) < 4.78 is 23.7. The smallest absolute Gasteiger partial charge is 0.220 e. The summed E-state index contributed by atoms with van der Waals surface area (Å²) in [5.74, 6) is 0. The van der Waals surface area contributed by atoms with Crippen molar-refractivity contribution in [3.8, 4) is 0 Å². The van der Waals surface area contributed by atoms with E-state index in [1.54, 1.807) is 12.1 Å². The van der Waals surface area contributed by atoms with Gasteiger partial charge in [-0.1, -0.05) is 48.5 Å². The summed E-state index contributed by atoms with van der Waals surface area (Å²) in [6.07, 6.45) is 0.569. The highest BCUT2D eigenvalue weighted by molar-refractivity contribution is 9.42. The van der Waals surface area contributed by atoms with E-state index in [1.807, 2.05) is 42.5 Å². The molecule has 0 unspecified atom stereocenters. The fourth-order valence-electron chi connectivity index (χ4n) is 1.85. The summed E-state index contributed by atoms with van der Waals surface area (Å²) in [7, 11) is -3.58. The van der Waals surface area contributed by atoms with Gasteiger partial charge in [-0.25, -0.2) is 8.42 Å². The molecule has 0 N–H and O–H groups in total. The summed E-state index contributed by atoms with van der Waals surface area (Å²) in [5, 5.41) is 0. The number of halogens is 3. The normalized spacial score (nSPS) is 12.3. The highest BCUT2D eigenvalue weighted by Gasteiger charge is 2.38. The summed E-state index contributed by atoms with van der Waals surface area (Å²) in [6, 6.07) is 16.8. The second-order valence-corrected chi connectivity index (χ2v) is 14.6. The molecule has 0 fully saturated rings. The Morgan fingerprint density at radius 1 is 0.850 bits per heavy atom. The first kappa shape index (κ1) is 16.2. The van der Waals surface area contributed by atoms with Gasteiger partial charge in [-0.15, -0.1) is 0 Å². The predicted octanol–water partition coefficient (Wildman–Crippen LogP) is 4.85. The van der Waals surface area contributed by atoms with Gasteiger partial charge in [0.15, 0.2) is 0 Å². The molecule has 0 aliphatic carbocycles. The van der Waals surface area contributed by atoms with Gasteiger partial charge in [0.05, 0.1) is 4.90 Å². The Bertz CT molecular complexity index is 692. The van der Waals surface area contributed by atoms with Gasteiger partial charge in [0.2, 0.25) is 11.3 Å². The molecule has 0 aliphatic rings. The van der Waals surface area contributed by atoms with Crippen molar-refractivity contribution < 1.29 is 8.42 Å². The zero-order valence-electron chi connectivity index (χ0n) is 10.3. The Morgan fingerprint density at radius 2 is 1.40 bits per heavy atom. The van der Waals surface area contributed by atoms with Crippen molar-refractivity contribution in [2.45, 2.75) is 12.8 Å². The molecule has 0 spiro atoms. The lowest BCUT2D eigenvalue weighted by Crippen LogP contribution is -2.19. The number of benzene rings is 2. The Hall–Kier alpha value is -0.170. The van der Waals surface area contributed by atoms with Crippen LogP contribution in [0.4, 0.5) is 0 Å². The van der Waals surface area contributed by atoms with E-state index >= 15 is 0 Å². The molecule has 20 heavy (non-hydrogen) atoms. The second kappa shape index (κ2) is 6.30. The molecule has 0 aliphatic heterocycles. The number of hydrogen-bond acceptors (Lipinski definition) is 2. The average Bonchev–Trinajstić information content (AvgIpc) is 2.39. The van der Waals surface area contributed by atoms with Crippen LogP contribution >= 0.6 is 47.8 Å². The van der Waals surface area contributed by atoms with E-state index in [-0.39, 0.29) is 0 Å². The van der Waals surface area contributed by atoms with Crippen LogP contribution in [0.1, 0.15) is 11.1 Å². The van der Waals surface area contributed by atoms with Crippen LogP contribution in [0.5, 0.6) is 0 Å². The zero-order valence-corrected chi connectivity index (χ0v) is 15.8. The lowest BCUT2D eigenvalue weighted by Gasteiger charge is -2.16. The fraction of sp³-hybridized carbons (Fsp3) is 0.143.